The third kappa shape index (κ3) is 3.12. The lowest BCUT2D eigenvalue weighted by Gasteiger charge is -2.24. The largest absolute Gasteiger partial charge is 0.247 e. The summed E-state index contributed by atoms with van der Waals surface area (Å²) in [7, 11) is 0. The summed E-state index contributed by atoms with van der Waals surface area (Å²) in [6.45, 7) is 0. The van der Waals surface area contributed by atoms with Gasteiger partial charge in [-0.25, -0.2) is 4.98 Å². The Balaban J connectivity index is 1.28. The maximum absolute atomic E-state index is 5.21. The van der Waals surface area contributed by atoms with Gasteiger partial charge in [-0.2, -0.15) is 0 Å². The molecule has 0 saturated carbocycles. The van der Waals surface area contributed by atoms with Gasteiger partial charge in [0.25, 0.3) is 0 Å². The van der Waals surface area contributed by atoms with E-state index >= 15 is 0 Å². The smallest absolute Gasteiger partial charge is 0.0790 e. The summed E-state index contributed by atoms with van der Waals surface area (Å²) in [5.74, 6) is 0.331. The normalized spacial score (nSPS) is 16.1. The summed E-state index contributed by atoms with van der Waals surface area (Å²) in [5, 5.41) is 9.31. The number of benzene rings is 6. The predicted octanol–water partition coefficient (Wildman–Crippen LogP) is 9.36. The molecule has 9 rings (SSSR count). The van der Waals surface area contributed by atoms with E-state index in [1.165, 1.54) is 70.9 Å². The highest BCUT2D eigenvalue weighted by atomic mass is 14.7. The first kappa shape index (κ1) is 22.1. The molecule has 2 aliphatic rings. The number of rotatable bonds is 2. The molecule has 0 amide bonds. The zero-order valence-electron chi connectivity index (χ0n) is 22.2. The van der Waals surface area contributed by atoms with Crippen molar-refractivity contribution in [2.75, 3.05) is 0 Å². The monoisotopic (exact) mass is 509 g/mol. The third-order valence-electron chi connectivity index (χ3n) is 9.21. The first-order valence-corrected chi connectivity index (χ1v) is 14.4. The molecule has 0 fully saturated rings. The van der Waals surface area contributed by atoms with Gasteiger partial charge in [0, 0.05) is 27.8 Å². The molecule has 1 heteroatoms. The van der Waals surface area contributed by atoms with Crippen molar-refractivity contribution in [3.63, 3.8) is 0 Å². The fourth-order valence-corrected chi connectivity index (χ4v) is 7.37. The molecular weight excluding hydrogens is 482 g/mol. The number of hydrogen-bond acceptors (Lipinski definition) is 1. The Kier molecular flexibility index (Phi) is 4.63. The zero-order chi connectivity index (χ0) is 26.2. The van der Waals surface area contributed by atoms with Gasteiger partial charge in [-0.15, -0.1) is 0 Å². The van der Waals surface area contributed by atoms with E-state index in [1.807, 2.05) is 0 Å². The van der Waals surface area contributed by atoms with Crippen LogP contribution < -0.4 is 5.22 Å². The molecule has 1 atom stereocenters. The zero-order valence-corrected chi connectivity index (χ0v) is 22.2. The minimum Gasteiger partial charge on any atom is -0.247 e. The van der Waals surface area contributed by atoms with Crippen LogP contribution in [-0.4, -0.2) is 4.98 Å². The second-order valence-corrected chi connectivity index (χ2v) is 11.4. The van der Waals surface area contributed by atoms with Crippen molar-refractivity contribution in [1.82, 2.24) is 4.98 Å². The Bertz CT molecular complexity index is 2240. The van der Waals surface area contributed by atoms with Crippen LogP contribution in [0, 0.1) is 0 Å². The number of aromatic nitrogens is 1. The summed E-state index contributed by atoms with van der Waals surface area (Å²) < 4.78 is 0. The summed E-state index contributed by atoms with van der Waals surface area (Å²) in [4.78, 5) is 5.21. The van der Waals surface area contributed by atoms with Crippen molar-refractivity contribution >= 4 is 55.5 Å². The molecule has 40 heavy (non-hydrogen) atoms. The van der Waals surface area contributed by atoms with Crippen LogP contribution in [0.4, 0.5) is 0 Å². The average molecular weight is 510 g/mol. The van der Waals surface area contributed by atoms with Gasteiger partial charge in [-0.05, 0) is 74.3 Å². The summed E-state index contributed by atoms with van der Waals surface area (Å²) in [6.07, 6.45) is 10.2. The van der Waals surface area contributed by atoms with Gasteiger partial charge in [0.2, 0.25) is 0 Å². The number of hydrogen-bond donors (Lipinski definition) is 0. The molecule has 1 aromatic heterocycles. The van der Waals surface area contributed by atoms with Gasteiger partial charge in [-0.1, -0.05) is 115 Å². The molecule has 1 heterocycles. The van der Waals surface area contributed by atoms with E-state index < -0.39 is 0 Å². The number of para-hydroxylation sites is 1. The summed E-state index contributed by atoms with van der Waals surface area (Å²) in [6, 6.07) is 38.5. The van der Waals surface area contributed by atoms with Gasteiger partial charge in [-0.3, -0.25) is 0 Å². The van der Waals surface area contributed by atoms with Crippen molar-refractivity contribution in [3.05, 3.63) is 137 Å². The molecule has 7 aromatic rings. The van der Waals surface area contributed by atoms with E-state index in [4.69, 9.17) is 4.98 Å². The van der Waals surface area contributed by atoms with Crippen molar-refractivity contribution < 1.29 is 0 Å². The van der Waals surface area contributed by atoms with Crippen LogP contribution in [0.5, 0.6) is 0 Å². The molecule has 0 saturated heterocycles. The van der Waals surface area contributed by atoms with Gasteiger partial charge in [0.05, 0.1) is 11.0 Å². The van der Waals surface area contributed by atoms with Crippen molar-refractivity contribution in [1.29, 1.82) is 0 Å². The fraction of sp³-hybridized carbons (Fsp3) is 0.103. The molecule has 0 N–H and O–H groups in total. The highest BCUT2D eigenvalue weighted by Gasteiger charge is 2.23. The molecular formula is C39H27N. The average Bonchev–Trinajstić information content (AvgIpc) is 3.02. The van der Waals surface area contributed by atoms with Crippen LogP contribution in [-0.2, 0) is 6.42 Å². The molecule has 188 valence electrons. The summed E-state index contributed by atoms with van der Waals surface area (Å²) in [5.41, 5.74) is 10.3. The van der Waals surface area contributed by atoms with Crippen LogP contribution in [0.2, 0.25) is 0 Å². The SMILES string of the molecule is C1=Cc2c(ccc3c(-c4cccc(C5CC=c6ccc7cccc8ccc5c6c87)c4)c4ccccc4nc23)CC1. The van der Waals surface area contributed by atoms with E-state index in [0.29, 0.717) is 5.92 Å². The van der Waals surface area contributed by atoms with Crippen LogP contribution in [0.1, 0.15) is 41.0 Å². The molecule has 1 unspecified atom stereocenters. The van der Waals surface area contributed by atoms with E-state index in [-0.39, 0.29) is 0 Å². The maximum Gasteiger partial charge on any atom is 0.0790 e. The summed E-state index contributed by atoms with van der Waals surface area (Å²) >= 11 is 0. The van der Waals surface area contributed by atoms with Crippen LogP contribution in [0.15, 0.2) is 109 Å². The van der Waals surface area contributed by atoms with Crippen molar-refractivity contribution in [2.24, 2.45) is 0 Å². The third-order valence-corrected chi connectivity index (χ3v) is 9.21. The van der Waals surface area contributed by atoms with E-state index in [0.717, 1.165) is 30.3 Å². The molecule has 1 nitrogen and oxygen atoms in total. The minimum absolute atomic E-state index is 0.331. The number of aryl methyl sites for hydroxylation is 1. The first-order valence-electron chi connectivity index (χ1n) is 14.4. The van der Waals surface area contributed by atoms with Crippen molar-refractivity contribution in [3.8, 4) is 11.1 Å². The highest BCUT2D eigenvalue weighted by Crippen LogP contribution is 2.42. The Morgan fingerprint density at radius 1 is 0.700 bits per heavy atom. The molecule has 0 aliphatic heterocycles. The maximum atomic E-state index is 5.21. The Labute approximate surface area is 233 Å². The Morgan fingerprint density at radius 3 is 2.52 bits per heavy atom. The Morgan fingerprint density at radius 2 is 1.57 bits per heavy atom. The predicted molar refractivity (Wildman–Crippen MR) is 170 cm³/mol. The molecule has 0 spiro atoms. The topological polar surface area (TPSA) is 12.9 Å². The van der Waals surface area contributed by atoms with E-state index in [9.17, 15) is 0 Å². The molecule has 0 radical (unpaired) electrons. The molecule has 0 bridgehead atoms. The highest BCUT2D eigenvalue weighted by molar-refractivity contribution is 6.13. The van der Waals surface area contributed by atoms with E-state index in [1.54, 1.807) is 0 Å². The van der Waals surface area contributed by atoms with Gasteiger partial charge in [0.1, 0.15) is 0 Å². The first-order chi connectivity index (χ1) is 19.8. The van der Waals surface area contributed by atoms with Crippen LogP contribution in [0.25, 0.3) is 66.6 Å². The van der Waals surface area contributed by atoms with Crippen molar-refractivity contribution in [2.45, 2.75) is 25.2 Å². The second-order valence-electron chi connectivity index (χ2n) is 11.4. The lowest BCUT2D eigenvalue weighted by molar-refractivity contribution is 0.854. The fourth-order valence-electron chi connectivity index (χ4n) is 7.37. The van der Waals surface area contributed by atoms with Gasteiger partial charge in [0.15, 0.2) is 0 Å². The lowest BCUT2D eigenvalue weighted by atomic mass is 9.79. The number of pyridine rings is 1. The van der Waals surface area contributed by atoms with Gasteiger partial charge < -0.3 is 0 Å². The van der Waals surface area contributed by atoms with E-state index in [2.05, 4.69) is 121 Å². The molecule has 2 aliphatic carbocycles. The number of nitrogens with zero attached hydrogens (tertiary/aromatic N) is 1. The van der Waals surface area contributed by atoms with Crippen LogP contribution in [0.3, 0.4) is 0 Å². The Hall–Kier alpha value is -4.75. The second kappa shape index (κ2) is 8.37. The quantitative estimate of drug-likeness (QED) is 0.212. The number of allylic oxidation sites excluding steroid dienone is 1. The van der Waals surface area contributed by atoms with Gasteiger partial charge >= 0.3 is 0 Å². The molecule has 6 aromatic carbocycles. The number of fused-ring (bicyclic) bond motifs is 4. The lowest BCUT2D eigenvalue weighted by Crippen LogP contribution is -2.14. The minimum atomic E-state index is 0.331. The van der Waals surface area contributed by atoms with Crippen LogP contribution >= 0.6 is 0 Å². The standard InChI is InChI=1S/C39H27N/c1-2-12-31-24(7-1)17-22-34-37(33-13-3-4-14-35(33)40-39(31)34)29-11-6-10-28(23-29)30-20-18-27-16-15-25-8-5-9-26-19-21-32(30)38(27)36(25)26/h2-6,8-19,21-23,30H,1,7,20H2.